The lowest BCUT2D eigenvalue weighted by molar-refractivity contribution is -0.137. The molecule has 3 rings (SSSR count). The van der Waals surface area contributed by atoms with Crippen LogP contribution in [0.25, 0.3) is 0 Å². The molecule has 0 saturated heterocycles. The maximum absolute atomic E-state index is 12.9. The molecule has 0 saturated carbocycles. The van der Waals surface area contributed by atoms with Gasteiger partial charge in [-0.25, -0.2) is 0 Å². The van der Waals surface area contributed by atoms with Crippen LogP contribution in [0, 0.1) is 13.8 Å². The van der Waals surface area contributed by atoms with Crippen LogP contribution in [-0.4, -0.2) is 14.9 Å². The van der Waals surface area contributed by atoms with E-state index in [0.717, 1.165) is 23.4 Å². The molecule has 0 bridgehead atoms. The van der Waals surface area contributed by atoms with Gasteiger partial charge in [0.15, 0.2) is 5.11 Å². The van der Waals surface area contributed by atoms with Crippen molar-refractivity contribution >= 4 is 51.9 Å². The van der Waals surface area contributed by atoms with Gasteiger partial charge < -0.3 is 10.6 Å². The molecule has 0 unspecified atom stereocenters. The molecule has 10 heteroatoms. The molecule has 0 aliphatic carbocycles. The van der Waals surface area contributed by atoms with Gasteiger partial charge in [0, 0.05) is 15.7 Å². The molecule has 3 aromatic rings. The van der Waals surface area contributed by atoms with Crippen LogP contribution in [0.4, 0.5) is 24.5 Å². The smallest absolute Gasteiger partial charge is 0.332 e. The van der Waals surface area contributed by atoms with E-state index in [9.17, 15) is 13.2 Å². The van der Waals surface area contributed by atoms with Crippen molar-refractivity contribution in [2.75, 3.05) is 10.6 Å². The number of nitrogens with one attached hydrogen (secondary N) is 2. The minimum Gasteiger partial charge on any atom is -0.332 e. The second kappa shape index (κ2) is 8.83. The van der Waals surface area contributed by atoms with Crippen molar-refractivity contribution in [3.63, 3.8) is 0 Å². The van der Waals surface area contributed by atoms with Gasteiger partial charge >= 0.3 is 6.18 Å². The molecule has 30 heavy (non-hydrogen) atoms. The number of hydrogen-bond acceptors (Lipinski definition) is 2. The first-order valence-electron chi connectivity index (χ1n) is 8.78. The molecule has 0 fully saturated rings. The molecular formula is C20H17Cl2F3N4S. The highest BCUT2D eigenvalue weighted by atomic mass is 35.5. The number of hydrogen-bond donors (Lipinski definition) is 2. The summed E-state index contributed by atoms with van der Waals surface area (Å²) < 4.78 is 40.4. The van der Waals surface area contributed by atoms with Crippen LogP contribution in [0.3, 0.4) is 0 Å². The molecule has 2 aromatic carbocycles. The maximum atomic E-state index is 12.9. The maximum Gasteiger partial charge on any atom is 0.416 e. The number of rotatable bonds is 4. The van der Waals surface area contributed by atoms with E-state index >= 15 is 0 Å². The van der Waals surface area contributed by atoms with Gasteiger partial charge in [-0.1, -0.05) is 35.3 Å². The average Bonchev–Trinajstić information content (AvgIpc) is 2.91. The molecule has 0 atom stereocenters. The Kier molecular flexibility index (Phi) is 6.59. The van der Waals surface area contributed by atoms with E-state index in [1.165, 1.54) is 12.1 Å². The Bertz CT molecular complexity index is 1100. The van der Waals surface area contributed by atoms with Crippen molar-refractivity contribution in [3.05, 3.63) is 75.0 Å². The van der Waals surface area contributed by atoms with Gasteiger partial charge in [-0.05, 0) is 62.0 Å². The molecule has 0 aliphatic heterocycles. The van der Waals surface area contributed by atoms with E-state index in [-0.39, 0.29) is 10.8 Å². The Morgan fingerprint density at radius 1 is 1.10 bits per heavy atom. The number of aromatic nitrogens is 2. The van der Waals surface area contributed by atoms with Crippen molar-refractivity contribution in [2.24, 2.45) is 0 Å². The number of aryl methyl sites for hydroxylation is 1. The highest BCUT2D eigenvalue weighted by Gasteiger charge is 2.30. The van der Waals surface area contributed by atoms with E-state index < -0.39 is 11.7 Å². The van der Waals surface area contributed by atoms with E-state index in [4.69, 9.17) is 35.4 Å². The van der Waals surface area contributed by atoms with Crippen LogP contribution in [0.2, 0.25) is 10.0 Å². The topological polar surface area (TPSA) is 41.9 Å². The number of halogens is 5. The zero-order valence-corrected chi connectivity index (χ0v) is 18.3. The van der Waals surface area contributed by atoms with Gasteiger partial charge in [-0.2, -0.15) is 18.3 Å². The van der Waals surface area contributed by atoms with Crippen LogP contribution < -0.4 is 10.6 Å². The van der Waals surface area contributed by atoms with Gasteiger partial charge in [0.25, 0.3) is 0 Å². The second-order valence-electron chi connectivity index (χ2n) is 6.60. The van der Waals surface area contributed by atoms with E-state index in [0.29, 0.717) is 28.0 Å². The number of nitrogens with zero attached hydrogens (tertiary/aromatic N) is 2. The average molecular weight is 473 g/mol. The Labute approximate surface area is 187 Å². The molecule has 4 nitrogen and oxygen atoms in total. The van der Waals surface area contributed by atoms with Crippen LogP contribution >= 0.6 is 35.4 Å². The zero-order chi connectivity index (χ0) is 22.1. The van der Waals surface area contributed by atoms with Crippen molar-refractivity contribution in [2.45, 2.75) is 26.6 Å². The molecule has 0 radical (unpaired) electrons. The summed E-state index contributed by atoms with van der Waals surface area (Å²) >= 11 is 17.5. The summed E-state index contributed by atoms with van der Waals surface area (Å²) in [4.78, 5) is 0. The zero-order valence-electron chi connectivity index (χ0n) is 15.9. The van der Waals surface area contributed by atoms with Crippen molar-refractivity contribution in [1.29, 1.82) is 0 Å². The highest BCUT2D eigenvalue weighted by molar-refractivity contribution is 7.80. The lowest BCUT2D eigenvalue weighted by Gasteiger charge is -2.13. The van der Waals surface area contributed by atoms with E-state index in [2.05, 4.69) is 15.7 Å². The molecule has 158 valence electrons. The fourth-order valence-corrected chi connectivity index (χ4v) is 3.58. The highest BCUT2D eigenvalue weighted by Crippen LogP contribution is 2.31. The second-order valence-corrected chi connectivity index (χ2v) is 7.85. The van der Waals surface area contributed by atoms with Crippen LogP contribution in [0.1, 0.15) is 22.5 Å². The molecule has 0 aliphatic rings. The van der Waals surface area contributed by atoms with Crippen molar-refractivity contribution in [1.82, 2.24) is 9.78 Å². The summed E-state index contributed by atoms with van der Waals surface area (Å²) in [5.74, 6) is 0. The normalized spacial score (nSPS) is 11.4. The molecule has 0 spiro atoms. The predicted octanol–water partition coefficient (Wildman–Crippen LogP) is 6.68. The Morgan fingerprint density at radius 2 is 1.83 bits per heavy atom. The first-order valence-corrected chi connectivity index (χ1v) is 9.94. The lowest BCUT2D eigenvalue weighted by Crippen LogP contribution is -2.20. The van der Waals surface area contributed by atoms with Crippen molar-refractivity contribution in [3.8, 4) is 0 Å². The Balaban J connectivity index is 1.75. The van der Waals surface area contributed by atoms with Crippen LogP contribution in [0.5, 0.6) is 0 Å². The fraction of sp³-hybridized carbons (Fsp3) is 0.200. The molecule has 1 heterocycles. The van der Waals surface area contributed by atoms with Gasteiger partial charge in [0.05, 0.1) is 29.2 Å². The summed E-state index contributed by atoms with van der Waals surface area (Å²) in [5, 5.41) is 11.5. The summed E-state index contributed by atoms with van der Waals surface area (Å²) in [7, 11) is 0. The van der Waals surface area contributed by atoms with Gasteiger partial charge in [-0.15, -0.1) is 0 Å². The minimum absolute atomic E-state index is 0.157. The standard InChI is InChI=1S/C20H17Cl2F3N4S/c1-11-18(12(2)29(28-11)10-13-6-7-15(21)9-17(13)22)27-19(30)26-16-5-3-4-14(8-16)20(23,24)25/h3-9H,10H2,1-2H3,(H2,26,27,30). The first kappa shape index (κ1) is 22.4. The number of anilines is 2. The third-order valence-electron chi connectivity index (χ3n) is 4.40. The molecule has 1 aromatic heterocycles. The summed E-state index contributed by atoms with van der Waals surface area (Å²) in [6.07, 6.45) is -4.43. The minimum atomic E-state index is -4.43. The van der Waals surface area contributed by atoms with Gasteiger partial charge in [0.2, 0.25) is 0 Å². The van der Waals surface area contributed by atoms with Gasteiger partial charge in [0.1, 0.15) is 0 Å². The van der Waals surface area contributed by atoms with E-state index in [1.807, 2.05) is 19.9 Å². The monoisotopic (exact) mass is 472 g/mol. The summed E-state index contributed by atoms with van der Waals surface area (Å²) in [6.45, 7) is 4.10. The number of thiocarbonyl (C=S) groups is 1. The predicted molar refractivity (Wildman–Crippen MR) is 119 cm³/mol. The van der Waals surface area contributed by atoms with E-state index in [1.54, 1.807) is 16.8 Å². The summed E-state index contributed by atoms with van der Waals surface area (Å²) in [6, 6.07) is 10.1. The number of alkyl halides is 3. The molecule has 0 amide bonds. The summed E-state index contributed by atoms with van der Waals surface area (Å²) in [5.41, 5.74) is 2.48. The first-order chi connectivity index (χ1) is 14.0. The molecular weight excluding hydrogens is 456 g/mol. The Hall–Kier alpha value is -2.29. The number of benzene rings is 2. The third kappa shape index (κ3) is 5.24. The third-order valence-corrected chi connectivity index (χ3v) is 5.19. The SMILES string of the molecule is Cc1nn(Cc2ccc(Cl)cc2Cl)c(C)c1NC(=S)Nc1cccc(C(F)(F)F)c1. The van der Waals surface area contributed by atoms with Crippen LogP contribution in [-0.2, 0) is 12.7 Å². The largest absolute Gasteiger partial charge is 0.416 e. The fourth-order valence-electron chi connectivity index (χ4n) is 2.89. The quantitative estimate of drug-likeness (QED) is 0.415. The van der Waals surface area contributed by atoms with Gasteiger partial charge in [-0.3, -0.25) is 4.68 Å². The lowest BCUT2D eigenvalue weighted by atomic mass is 10.2. The Morgan fingerprint density at radius 3 is 2.50 bits per heavy atom. The molecule has 2 N–H and O–H groups in total. The van der Waals surface area contributed by atoms with Crippen molar-refractivity contribution < 1.29 is 13.2 Å². The van der Waals surface area contributed by atoms with Crippen LogP contribution in [0.15, 0.2) is 42.5 Å².